The maximum absolute atomic E-state index is 11.1. The fourth-order valence-electron chi connectivity index (χ4n) is 2.12. The van der Waals surface area contributed by atoms with Gasteiger partial charge in [0.1, 0.15) is 0 Å². The van der Waals surface area contributed by atoms with Crippen molar-refractivity contribution in [2.75, 3.05) is 13.2 Å². The predicted octanol–water partition coefficient (Wildman–Crippen LogP) is 2.08. The fourth-order valence-corrected chi connectivity index (χ4v) is 2.12. The first kappa shape index (κ1) is 13.8. The monoisotopic (exact) mass is 264 g/mol. The number of hydrogen-bond donors (Lipinski definition) is 0. The number of ether oxygens (including phenoxy) is 2. The van der Waals surface area contributed by atoms with Crippen LogP contribution in [0.5, 0.6) is 5.88 Å². The third-order valence-corrected chi connectivity index (χ3v) is 3.07. The Morgan fingerprint density at radius 2 is 2.11 bits per heavy atom. The summed E-state index contributed by atoms with van der Waals surface area (Å²) in [7, 11) is 0. The first-order valence-corrected chi connectivity index (χ1v) is 6.93. The number of esters is 1. The quantitative estimate of drug-likeness (QED) is 0.581. The average molecular weight is 264 g/mol. The van der Waals surface area contributed by atoms with Crippen LogP contribution in [0.2, 0.25) is 0 Å². The second kappa shape index (κ2) is 7.07. The van der Waals surface area contributed by atoms with E-state index in [2.05, 4.69) is 9.97 Å². The topological polar surface area (TPSA) is 61.3 Å². The molecule has 0 atom stereocenters. The highest BCUT2D eigenvalue weighted by molar-refractivity contribution is 5.69. The van der Waals surface area contributed by atoms with Crippen molar-refractivity contribution in [2.45, 2.75) is 45.4 Å². The fraction of sp³-hybridized carbons (Fsp3) is 0.643. The van der Waals surface area contributed by atoms with Crippen LogP contribution in [-0.4, -0.2) is 29.2 Å². The lowest BCUT2D eigenvalue weighted by Crippen LogP contribution is -2.10. The van der Waals surface area contributed by atoms with Crippen LogP contribution in [0, 0.1) is 0 Å². The molecule has 0 saturated heterocycles. The van der Waals surface area contributed by atoms with Gasteiger partial charge in [0.05, 0.1) is 30.8 Å². The van der Waals surface area contributed by atoms with Crippen molar-refractivity contribution >= 4 is 5.97 Å². The van der Waals surface area contributed by atoms with Crippen LogP contribution >= 0.6 is 0 Å². The number of aromatic nitrogens is 2. The molecule has 1 aliphatic carbocycles. The molecule has 1 aliphatic rings. The van der Waals surface area contributed by atoms with Gasteiger partial charge in [0, 0.05) is 6.42 Å². The van der Waals surface area contributed by atoms with E-state index in [1.807, 2.05) is 0 Å². The molecule has 0 aliphatic heterocycles. The number of hydrogen-bond acceptors (Lipinski definition) is 5. The second-order valence-corrected chi connectivity index (χ2v) is 4.57. The van der Waals surface area contributed by atoms with Gasteiger partial charge in [0.2, 0.25) is 5.88 Å². The summed E-state index contributed by atoms with van der Waals surface area (Å²) in [5.41, 5.74) is 2.17. The minimum atomic E-state index is -0.178. The molecule has 1 aromatic heterocycles. The number of carbonyl (C=O) groups excluding carboxylic acids is 1. The van der Waals surface area contributed by atoms with E-state index in [-0.39, 0.29) is 5.97 Å². The van der Waals surface area contributed by atoms with Crippen LogP contribution in [0.25, 0.3) is 0 Å². The molecule has 0 bridgehead atoms. The lowest BCUT2D eigenvalue weighted by Gasteiger charge is -2.14. The molecule has 1 aromatic rings. The molecular formula is C14H20N2O3. The van der Waals surface area contributed by atoms with E-state index in [4.69, 9.17) is 9.47 Å². The Kier molecular flexibility index (Phi) is 5.12. The van der Waals surface area contributed by atoms with Gasteiger partial charge in [0.25, 0.3) is 0 Å². The summed E-state index contributed by atoms with van der Waals surface area (Å²) in [5, 5.41) is 0. The molecule has 0 amide bonds. The second-order valence-electron chi connectivity index (χ2n) is 4.57. The normalized spacial score (nSPS) is 13.7. The molecule has 0 N–H and O–H groups in total. The maximum Gasteiger partial charge on any atom is 0.305 e. The minimum Gasteiger partial charge on any atom is -0.477 e. The molecule has 0 radical (unpaired) electrons. The van der Waals surface area contributed by atoms with Crippen LogP contribution < -0.4 is 4.74 Å². The van der Waals surface area contributed by atoms with Crippen LogP contribution in [-0.2, 0) is 22.4 Å². The highest BCUT2D eigenvalue weighted by Gasteiger charge is 2.12. The molecule has 0 saturated carbocycles. The standard InChI is InChI=1S/C14H20N2O3/c1-2-18-14(17)8-5-9-19-13-10-15-11-6-3-4-7-12(11)16-13/h10H,2-9H2,1H3. The minimum absolute atomic E-state index is 0.178. The van der Waals surface area contributed by atoms with Gasteiger partial charge in [-0.2, -0.15) is 0 Å². The highest BCUT2D eigenvalue weighted by Crippen LogP contribution is 2.19. The first-order chi connectivity index (χ1) is 9.29. The molecule has 2 rings (SSSR count). The van der Waals surface area contributed by atoms with Crippen LogP contribution in [0.4, 0.5) is 0 Å². The molecule has 5 heteroatoms. The van der Waals surface area contributed by atoms with Gasteiger partial charge in [-0.15, -0.1) is 0 Å². The zero-order valence-electron chi connectivity index (χ0n) is 11.4. The number of carbonyl (C=O) groups is 1. The number of fused-ring (bicyclic) bond motifs is 1. The van der Waals surface area contributed by atoms with Crippen LogP contribution in [0.1, 0.15) is 44.0 Å². The lowest BCUT2D eigenvalue weighted by atomic mass is 10.0. The summed E-state index contributed by atoms with van der Waals surface area (Å²) in [4.78, 5) is 20.0. The predicted molar refractivity (Wildman–Crippen MR) is 70.0 cm³/mol. The van der Waals surface area contributed by atoms with E-state index in [0.29, 0.717) is 31.9 Å². The molecule has 0 aromatic carbocycles. The first-order valence-electron chi connectivity index (χ1n) is 6.93. The number of aryl methyl sites for hydroxylation is 2. The number of nitrogens with zero attached hydrogens (tertiary/aromatic N) is 2. The summed E-state index contributed by atoms with van der Waals surface area (Å²) in [6.45, 7) is 2.69. The molecule has 5 nitrogen and oxygen atoms in total. The maximum atomic E-state index is 11.1. The molecule has 104 valence electrons. The Balaban J connectivity index is 1.75. The third-order valence-electron chi connectivity index (χ3n) is 3.07. The zero-order chi connectivity index (χ0) is 13.5. The van der Waals surface area contributed by atoms with E-state index in [0.717, 1.165) is 24.2 Å². The SMILES string of the molecule is CCOC(=O)CCCOc1cnc2c(n1)CCCC2. The molecule has 0 unspecified atom stereocenters. The van der Waals surface area contributed by atoms with Gasteiger partial charge in [-0.3, -0.25) is 9.78 Å². The summed E-state index contributed by atoms with van der Waals surface area (Å²) < 4.78 is 10.4. The van der Waals surface area contributed by atoms with Gasteiger partial charge in [-0.25, -0.2) is 4.98 Å². The smallest absolute Gasteiger partial charge is 0.305 e. The third kappa shape index (κ3) is 4.19. The van der Waals surface area contributed by atoms with E-state index in [9.17, 15) is 4.79 Å². The Morgan fingerprint density at radius 3 is 2.89 bits per heavy atom. The van der Waals surface area contributed by atoms with Crippen molar-refractivity contribution in [1.29, 1.82) is 0 Å². The Labute approximate surface area is 113 Å². The average Bonchev–Trinajstić information content (AvgIpc) is 2.44. The van der Waals surface area contributed by atoms with Gasteiger partial charge < -0.3 is 9.47 Å². The molecule has 0 spiro atoms. The van der Waals surface area contributed by atoms with Gasteiger partial charge in [-0.1, -0.05) is 0 Å². The Bertz CT molecular complexity index is 435. The summed E-state index contributed by atoms with van der Waals surface area (Å²) in [6, 6.07) is 0. The molecular weight excluding hydrogens is 244 g/mol. The van der Waals surface area contributed by atoms with Crippen molar-refractivity contribution in [3.63, 3.8) is 0 Å². The molecule has 1 heterocycles. The summed E-state index contributed by atoms with van der Waals surface area (Å²) in [5.74, 6) is 0.382. The Morgan fingerprint density at radius 1 is 1.32 bits per heavy atom. The van der Waals surface area contributed by atoms with Gasteiger partial charge in [-0.05, 0) is 39.0 Å². The number of rotatable bonds is 6. The zero-order valence-corrected chi connectivity index (χ0v) is 11.4. The highest BCUT2D eigenvalue weighted by atomic mass is 16.5. The van der Waals surface area contributed by atoms with E-state index < -0.39 is 0 Å². The van der Waals surface area contributed by atoms with Gasteiger partial charge in [0.15, 0.2) is 0 Å². The molecule has 0 fully saturated rings. The van der Waals surface area contributed by atoms with E-state index in [1.165, 1.54) is 12.8 Å². The lowest BCUT2D eigenvalue weighted by molar-refractivity contribution is -0.143. The summed E-state index contributed by atoms with van der Waals surface area (Å²) >= 11 is 0. The largest absolute Gasteiger partial charge is 0.477 e. The Hall–Kier alpha value is -1.65. The van der Waals surface area contributed by atoms with Crippen LogP contribution in [0.3, 0.4) is 0 Å². The van der Waals surface area contributed by atoms with Crippen LogP contribution in [0.15, 0.2) is 6.20 Å². The van der Waals surface area contributed by atoms with E-state index in [1.54, 1.807) is 13.1 Å². The van der Waals surface area contributed by atoms with Crippen molar-refractivity contribution in [3.05, 3.63) is 17.6 Å². The van der Waals surface area contributed by atoms with Crippen molar-refractivity contribution in [1.82, 2.24) is 9.97 Å². The van der Waals surface area contributed by atoms with Gasteiger partial charge >= 0.3 is 5.97 Å². The molecule has 19 heavy (non-hydrogen) atoms. The van der Waals surface area contributed by atoms with Crippen molar-refractivity contribution in [3.8, 4) is 5.88 Å². The van der Waals surface area contributed by atoms with Crippen molar-refractivity contribution < 1.29 is 14.3 Å². The van der Waals surface area contributed by atoms with Crippen molar-refractivity contribution in [2.24, 2.45) is 0 Å². The summed E-state index contributed by atoms with van der Waals surface area (Å²) in [6.07, 6.45) is 7.07. The van der Waals surface area contributed by atoms with E-state index >= 15 is 0 Å².